The number of nitrogens with zero attached hydrogens (tertiary/aromatic N) is 4. The SMILES string of the molecule is [N-]=[N+]=Nc1cccc(-c2nc(-c3ccccc3)cs2)c1. The number of thiazole rings is 1. The zero-order chi connectivity index (χ0) is 13.8. The molecule has 96 valence electrons. The van der Waals surface area contributed by atoms with Crippen LogP contribution in [0.1, 0.15) is 0 Å². The molecule has 0 spiro atoms. The lowest BCUT2D eigenvalue weighted by molar-refractivity contribution is 1.39. The van der Waals surface area contributed by atoms with Crippen LogP contribution < -0.4 is 0 Å². The van der Waals surface area contributed by atoms with Gasteiger partial charge in [0.05, 0.1) is 5.69 Å². The van der Waals surface area contributed by atoms with Gasteiger partial charge in [0.2, 0.25) is 0 Å². The molecular weight excluding hydrogens is 268 g/mol. The molecule has 5 heteroatoms. The van der Waals surface area contributed by atoms with Crippen LogP contribution in [0.5, 0.6) is 0 Å². The molecule has 0 aliphatic rings. The van der Waals surface area contributed by atoms with Crippen LogP contribution in [0.3, 0.4) is 0 Å². The average Bonchev–Trinajstić information content (AvgIpc) is 2.99. The van der Waals surface area contributed by atoms with E-state index in [9.17, 15) is 0 Å². The minimum Gasteiger partial charge on any atom is -0.236 e. The minimum atomic E-state index is 0.599. The van der Waals surface area contributed by atoms with Gasteiger partial charge in [-0.3, -0.25) is 0 Å². The van der Waals surface area contributed by atoms with Crippen LogP contribution in [0.4, 0.5) is 5.69 Å². The van der Waals surface area contributed by atoms with E-state index in [1.54, 1.807) is 17.4 Å². The molecule has 0 aliphatic heterocycles. The van der Waals surface area contributed by atoms with E-state index in [0.29, 0.717) is 5.69 Å². The van der Waals surface area contributed by atoms with Gasteiger partial charge in [0, 0.05) is 27.1 Å². The van der Waals surface area contributed by atoms with Crippen molar-refractivity contribution in [1.82, 2.24) is 4.98 Å². The van der Waals surface area contributed by atoms with Crippen LogP contribution >= 0.6 is 11.3 Å². The van der Waals surface area contributed by atoms with Crippen LogP contribution in [0, 0.1) is 0 Å². The fraction of sp³-hybridized carbons (Fsp3) is 0. The summed E-state index contributed by atoms with van der Waals surface area (Å²) < 4.78 is 0. The van der Waals surface area contributed by atoms with Crippen molar-refractivity contribution in [3.8, 4) is 21.8 Å². The summed E-state index contributed by atoms with van der Waals surface area (Å²) in [6, 6.07) is 17.5. The third-order valence-corrected chi connectivity index (χ3v) is 3.72. The van der Waals surface area contributed by atoms with E-state index in [2.05, 4.69) is 15.0 Å². The molecule has 0 aliphatic carbocycles. The summed E-state index contributed by atoms with van der Waals surface area (Å²) in [7, 11) is 0. The maximum absolute atomic E-state index is 8.48. The van der Waals surface area contributed by atoms with Crippen LogP contribution in [-0.4, -0.2) is 4.98 Å². The largest absolute Gasteiger partial charge is 0.236 e. The Morgan fingerprint density at radius 3 is 2.60 bits per heavy atom. The quantitative estimate of drug-likeness (QED) is 0.358. The summed E-state index contributed by atoms with van der Waals surface area (Å²) in [6.45, 7) is 0. The molecule has 4 nitrogen and oxygen atoms in total. The van der Waals surface area contributed by atoms with Gasteiger partial charge >= 0.3 is 0 Å². The fourth-order valence-corrected chi connectivity index (χ4v) is 2.73. The molecule has 3 aromatic rings. The molecule has 0 radical (unpaired) electrons. The second-order valence-electron chi connectivity index (χ2n) is 4.14. The van der Waals surface area contributed by atoms with Crippen molar-refractivity contribution in [1.29, 1.82) is 0 Å². The van der Waals surface area contributed by atoms with Crippen molar-refractivity contribution in [3.05, 3.63) is 70.4 Å². The standard InChI is InChI=1S/C15H10N4S/c16-19-18-13-8-4-7-12(9-13)15-17-14(10-20-15)11-5-2-1-3-6-11/h1-10H. The number of rotatable bonds is 3. The summed E-state index contributed by atoms with van der Waals surface area (Å²) in [5.74, 6) is 0. The first-order chi connectivity index (χ1) is 9.86. The highest BCUT2D eigenvalue weighted by Crippen LogP contribution is 2.30. The van der Waals surface area contributed by atoms with Crippen molar-refractivity contribution in [2.75, 3.05) is 0 Å². The van der Waals surface area contributed by atoms with Crippen LogP contribution in [0.2, 0.25) is 0 Å². The van der Waals surface area contributed by atoms with Gasteiger partial charge < -0.3 is 0 Å². The average molecular weight is 278 g/mol. The molecule has 3 rings (SSSR count). The Labute approximate surface area is 120 Å². The summed E-state index contributed by atoms with van der Waals surface area (Å²) in [5.41, 5.74) is 12.1. The topological polar surface area (TPSA) is 61.7 Å². The lowest BCUT2D eigenvalue weighted by Gasteiger charge is -1.98. The molecule has 0 amide bonds. The van der Waals surface area contributed by atoms with Gasteiger partial charge in [-0.1, -0.05) is 53.6 Å². The number of azide groups is 1. The zero-order valence-corrected chi connectivity index (χ0v) is 11.3. The lowest BCUT2D eigenvalue weighted by atomic mass is 10.2. The van der Waals surface area contributed by atoms with Gasteiger partial charge in [-0.15, -0.1) is 11.3 Å². The van der Waals surface area contributed by atoms with Gasteiger partial charge in [-0.2, -0.15) is 0 Å². The predicted octanol–water partition coefficient (Wildman–Crippen LogP) is 5.42. The molecule has 0 fully saturated rings. The van der Waals surface area contributed by atoms with Gasteiger partial charge in [0.15, 0.2) is 0 Å². The summed E-state index contributed by atoms with van der Waals surface area (Å²) in [5, 5.41) is 6.56. The zero-order valence-electron chi connectivity index (χ0n) is 10.5. The molecule has 20 heavy (non-hydrogen) atoms. The first kappa shape index (κ1) is 12.4. The highest BCUT2D eigenvalue weighted by Gasteiger charge is 2.06. The minimum absolute atomic E-state index is 0.599. The summed E-state index contributed by atoms with van der Waals surface area (Å²) in [4.78, 5) is 7.44. The molecule has 1 aromatic heterocycles. The predicted molar refractivity (Wildman–Crippen MR) is 81.8 cm³/mol. The highest BCUT2D eigenvalue weighted by molar-refractivity contribution is 7.13. The molecule has 2 aromatic carbocycles. The molecule has 1 heterocycles. The third-order valence-electron chi connectivity index (χ3n) is 2.83. The summed E-state index contributed by atoms with van der Waals surface area (Å²) >= 11 is 1.58. The van der Waals surface area contributed by atoms with E-state index in [1.165, 1.54) is 0 Å². The first-order valence-corrected chi connectivity index (χ1v) is 6.91. The molecule has 0 saturated carbocycles. The second kappa shape index (κ2) is 5.57. The molecule has 0 atom stereocenters. The maximum Gasteiger partial charge on any atom is 0.124 e. The van der Waals surface area contributed by atoms with E-state index in [1.807, 2.05) is 53.9 Å². The Morgan fingerprint density at radius 2 is 1.80 bits per heavy atom. The van der Waals surface area contributed by atoms with Gasteiger partial charge in [0.25, 0.3) is 0 Å². The van der Waals surface area contributed by atoms with Crippen molar-refractivity contribution >= 4 is 17.0 Å². The van der Waals surface area contributed by atoms with Crippen molar-refractivity contribution in [3.63, 3.8) is 0 Å². The van der Waals surface area contributed by atoms with Crippen molar-refractivity contribution in [2.45, 2.75) is 0 Å². The number of hydrogen-bond acceptors (Lipinski definition) is 3. The molecule has 0 saturated heterocycles. The third kappa shape index (κ3) is 2.54. The van der Waals surface area contributed by atoms with E-state index in [0.717, 1.165) is 21.8 Å². The van der Waals surface area contributed by atoms with Gasteiger partial charge in [-0.25, -0.2) is 4.98 Å². The number of benzene rings is 2. The lowest BCUT2D eigenvalue weighted by Crippen LogP contribution is -1.78. The van der Waals surface area contributed by atoms with Gasteiger partial charge in [-0.05, 0) is 11.6 Å². The van der Waals surface area contributed by atoms with Crippen molar-refractivity contribution < 1.29 is 0 Å². The highest BCUT2D eigenvalue weighted by atomic mass is 32.1. The molecule has 0 bridgehead atoms. The Kier molecular flexibility index (Phi) is 3.46. The van der Waals surface area contributed by atoms with Gasteiger partial charge in [0.1, 0.15) is 5.01 Å². The summed E-state index contributed by atoms with van der Waals surface area (Å²) in [6.07, 6.45) is 0. The van der Waals surface area contributed by atoms with E-state index in [4.69, 9.17) is 5.53 Å². The monoisotopic (exact) mass is 278 g/mol. The Morgan fingerprint density at radius 1 is 1.00 bits per heavy atom. The van der Waals surface area contributed by atoms with Crippen LogP contribution in [0.25, 0.3) is 32.3 Å². The fourth-order valence-electron chi connectivity index (χ4n) is 1.90. The Hall–Kier alpha value is -2.62. The smallest absolute Gasteiger partial charge is 0.124 e. The normalized spacial score (nSPS) is 10.0. The second-order valence-corrected chi connectivity index (χ2v) is 5.00. The maximum atomic E-state index is 8.48. The van der Waals surface area contributed by atoms with E-state index in [-0.39, 0.29) is 0 Å². The molecule has 0 unspecified atom stereocenters. The Bertz CT molecular complexity index is 773. The van der Waals surface area contributed by atoms with E-state index >= 15 is 0 Å². The van der Waals surface area contributed by atoms with Crippen LogP contribution in [0.15, 0.2) is 65.1 Å². The number of aromatic nitrogens is 1. The molecular formula is C15H10N4S. The number of hydrogen-bond donors (Lipinski definition) is 0. The molecule has 0 N–H and O–H groups in total. The van der Waals surface area contributed by atoms with Crippen LogP contribution in [-0.2, 0) is 0 Å². The first-order valence-electron chi connectivity index (χ1n) is 6.03. The van der Waals surface area contributed by atoms with E-state index < -0.39 is 0 Å². The Balaban J connectivity index is 1.98. The van der Waals surface area contributed by atoms with Crippen molar-refractivity contribution in [2.24, 2.45) is 5.11 Å².